The molecular weight excluding hydrogens is 549 g/mol. The van der Waals surface area contributed by atoms with Crippen LogP contribution in [0.25, 0.3) is 21.9 Å². The Bertz CT molecular complexity index is 1520. The Labute approximate surface area is 251 Å². The number of benzene rings is 4. The number of hydrogen-bond acceptors (Lipinski definition) is 3. The number of hydrogen-bond donors (Lipinski definition) is 1. The zero-order valence-electron chi connectivity index (χ0n) is 24.2. The summed E-state index contributed by atoms with van der Waals surface area (Å²) >= 11 is 0. The lowest BCUT2D eigenvalue weighted by atomic mass is 9.87. The van der Waals surface area contributed by atoms with Gasteiger partial charge in [-0.05, 0) is 97.6 Å². The predicted molar refractivity (Wildman–Crippen MR) is 167 cm³/mol. The molecule has 4 aromatic rings. The molecule has 0 aliphatic carbocycles. The average Bonchev–Trinajstić information content (AvgIpc) is 3.03. The number of carbonyl (C=O) groups is 1. The first-order valence-corrected chi connectivity index (χ1v) is 14.9. The molecule has 1 amide bonds. The fourth-order valence-electron chi connectivity index (χ4n) is 5.78. The molecule has 1 fully saturated rings. The van der Waals surface area contributed by atoms with Crippen molar-refractivity contribution in [2.75, 3.05) is 32.8 Å². The molecule has 1 aliphatic rings. The maximum Gasteiger partial charge on any atom is 0.416 e. The van der Waals surface area contributed by atoms with Crippen LogP contribution in [0.1, 0.15) is 53.1 Å². The topological polar surface area (TPSA) is 41.6 Å². The molecule has 0 radical (unpaired) electrons. The lowest BCUT2D eigenvalue weighted by Gasteiger charge is -2.33. The Hall–Kier alpha value is -4.10. The van der Waals surface area contributed by atoms with Crippen molar-refractivity contribution < 1.29 is 22.7 Å². The molecule has 1 N–H and O–H groups in total. The van der Waals surface area contributed by atoms with E-state index in [1.165, 1.54) is 23.1 Å². The third kappa shape index (κ3) is 7.65. The molecule has 1 saturated heterocycles. The number of likely N-dealkylation sites (tertiary alicyclic amines) is 1. The van der Waals surface area contributed by atoms with E-state index in [-0.39, 0.29) is 5.91 Å². The molecule has 43 heavy (non-hydrogen) atoms. The van der Waals surface area contributed by atoms with Crippen molar-refractivity contribution in [3.8, 4) is 16.9 Å². The molecule has 224 valence electrons. The van der Waals surface area contributed by atoms with Crippen LogP contribution < -0.4 is 10.1 Å². The minimum absolute atomic E-state index is 0.148. The second-order valence-electron chi connectivity index (χ2n) is 11.0. The van der Waals surface area contributed by atoms with Crippen molar-refractivity contribution in [1.82, 2.24) is 10.2 Å². The average molecular weight is 587 g/mol. The molecule has 5 rings (SSSR count). The largest absolute Gasteiger partial charge is 0.489 e. The first-order chi connectivity index (χ1) is 20.8. The van der Waals surface area contributed by atoms with Gasteiger partial charge in [0.2, 0.25) is 0 Å². The van der Waals surface area contributed by atoms with Crippen LogP contribution in [-0.4, -0.2) is 43.6 Å². The Morgan fingerprint density at radius 2 is 1.58 bits per heavy atom. The summed E-state index contributed by atoms with van der Waals surface area (Å²) in [4.78, 5) is 15.1. The molecule has 1 aliphatic heterocycles. The first-order valence-electron chi connectivity index (χ1n) is 14.9. The van der Waals surface area contributed by atoms with Crippen LogP contribution in [0, 0.1) is 0 Å². The summed E-state index contributed by atoms with van der Waals surface area (Å²) in [6, 6.07) is 24.7. The number of rotatable bonds is 11. The molecule has 0 bridgehead atoms. The summed E-state index contributed by atoms with van der Waals surface area (Å²) in [5.74, 6) is 1.30. The lowest BCUT2D eigenvalue weighted by molar-refractivity contribution is -0.137. The van der Waals surface area contributed by atoms with Gasteiger partial charge in [0.1, 0.15) is 12.4 Å². The van der Waals surface area contributed by atoms with Gasteiger partial charge in [-0.25, -0.2) is 0 Å². The fraction of sp³-hybridized carbons (Fsp3) is 0.306. The molecule has 0 spiro atoms. The number of alkyl halides is 3. The summed E-state index contributed by atoms with van der Waals surface area (Å²) in [6.07, 6.45) is 1.49. The molecule has 4 aromatic carbocycles. The predicted octanol–water partition coefficient (Wildman–Crippen LogP) is 8.48. The maximum atomic E-state index is 12.8. The number of nitrogens with one attached hydrogen (secondary N) is 1. The molecule has 4 nitrogen and oxygen atoms in total. The Morgan fingerprint density at radius 1 is 0.907 bits per heavy atom. The van der Waals surface area contributed by atoms with Crippen LogP contribution in [0.3, 0.4) is 0 Å². The Kier molecular flexibility index (Phi) is 9.82. The van der Waals surface area contributed by atoms with Crippen molar-refractivity contribution in [3.63, 3.8) is 0 Å². The van der Waals surface area contributed by atoms with Gasteiger partial charge < -0.3 is 15.0 Å². The van der Waals surface area contributed by atoms with Gasteiger partial charge in [0.15, 0.2) is 0 Å². The smallest absolute Gasteiger partial charge is 0.416 e. The maximum absolute atomic E-state index is 12.8. The van der Waals surface area contributed by atoms with Crippen molar-refractivity contribution in [2.24, 2.45) is 0 Å². The van der Waals surface area contributed by atoms with Gasteiger partial charge in [-0.3, -0.25) is 4.79 Å². The van der Waals surface area contributed by atoms with Gasteiger partial charge in [-0.1, -0.05) is 73.3 Å². The highest BCUT2D eigenvalue weighted by atomic mass is 19.4. The summed E-state index contributed by atoms with van der Waals surface area (Å²) < 4.78 is 44.6. The summed E-state index contributed by atoms with van der Waals surface area (Å²) in [7, 11) is 0. The van der Waals surface area contributed by atoms with Gasteiger partial charge in [0.05, 0.1) is 5.56 Å². The number of nitrogens with zero attached hydrogens (tertiary/aromatic N) is 1. The van der Waals surface area contributed by atoms with Crippen LogP contribution in [-0.2, 0) is 6.18 Å². The van der Waals surface area contributed by atoms with E-state index in [4.69, 9.17) is 4.74 Å². The van der Waals surface area contributed by atoms with Gasteiger partial charge in [0.25, 0.3) is 5.91 Å². The molecular formula is C36H37F3N2O2. The number of halogens is 3. The molecule has 0 unspecified atom stereocenters. The van der Waals surface area contributed by atoms with Gasteiger partial charge in [-0.15, -0.1) is 0 Å². The SMILES string of the molecule is C=CCOc1c(C2CCN(CCCCNC(=O)c3ccc(-c4ccc(C(F)(F)F)cc4)cc3)CC2)ccc2ccccc12. The minimum atomic E-state index is -4.36. The van der Waals surface area contributed by atoms with E-state index >= 15 is 0 Å². The zero-order chi connectivity index (χ0) is 30.2. The number of carbonyl (C=O) groups excluding carboxylic acids is 1. The highest BCUT2D eigenvalue weighted by molar-refractivity contribution is 5.94. The van der Waals surface area contributed by atoms with Crippen molar-refractivity contribution in [2.45, 2.75) is 37.8 Å². The van der Waals surface area contributed by atoms with Crippen molar-refractivity contribution >= 4 is 16.7 Å². The second-order valence-corrected chi connectivity index (χ2v) is 11.0. The number of fused-ring (bicyclic) bond motifs is 1. The normalized spacial score (nSPS) is 14.5. The standard InChI is InChI=1S/C36H37F3N2O2/c1-2-25-43-34-32-8-4-3-7-28(32)15-18-33(34)29-19-23-41(24-20-29)22-6-5-21-40-35(42)30-11-9-26(10-12-30)27-13-16-31(17-14-27)36(37,38)39/h2-4,7-18,29H,1,5-6,19-25H2,(H,40,42). The number of ether oxygens (including phenoxy) is 1. The van der Waals surface area contributed by atoms with E-state index in [0.29, 0.717) is 30.2 Å². The van der Waals surface area contributed by atoms with Crippen molar-refractivity contribution in [3.05, 3.63) is 114 Å². The summed E-state index contributed by atoms with van der Waals surface area (Å²) in [6.45, 7) is 7.98. The third-order valence-electron chi connectivity index (χ3n) is 8.16. The van der Waals surface area contributed by atoms with E-state index in [2.05, 4.69) is 53.2 Å². The molecule has 0 atom stereocenters. The Balaban J connectivity index is 1.04. The minimum Gasteiger partial charge on any atom is -0.489 e. The van der Waals surface area contributed by atoms with Crippen LogP contribution in [0.4, 0.5) is 13.2 Å². The Morgan fingerprint density at radius 3 is 2.26 bits per heavy atom. The highest BCUT2D eigenvalue weighted by Crippen LogP contribution is 2.39. The van der Waals surface area contributed by atoms with Gasteiger partial charge >= 0.3 is 6.18 Å². The van der Waals surface area contributed by atoms with E-state index in [1.54, 1.807) is 30.3 Å². The van der Waals surface area contributed by atoms with Gasteiger partial charge in [-0.2, -0.15) is 13.2 Å². The quantitative estimate of drug-likeness (QED) is 0.142. The monoisotopic (exact) mass is 586 g/mol. The van der Waals surface area contributed by atoms with Crippen LogP contribution >= 0.6 is 0 Å². The highest BCUT2D eigenvalue weighted by Gasteiger charge is 2.30. The fourth-order valence-corrected chi connectivity index (χ4v) is 5.78. The second kappa shape index (κ2) is 13.9. The van der Waals surface area contributed by atoms with Crippen molar-refractivity contribution in [1.29, 1.82) is 0 Å². The molecule has 7 heteroatoms. The van der Waals surface area contributed by atoms with E-state index in [0.717, 1.165) is 74.1 Å². The van der Waals surface area contributed by atoms with E-state index in [9.17, 15) is 18.0 Å². The molecule has 0 saturated carbocycles. The lowest BCUT2D eigenvalue weighted by Crippen LogP contribution is -2.34. The number of amides is 1. The number of piperidine rings is 1. The third-order valence-corrected chi connectivity index (χ3v) is 8.16. The molecule has 0 aromatic heterocycles. The van der Waals surface area contributed by atoms with Crippen LogP contribution in [0.2, 0.25) is 0 Å². The molecule has 1 heterocycles. The summed E-state index contributed by atoms with van der Waals surface area (Å²) in [5, 5.41) is 5.32. The van der Waals surface area contributed by atoms with Crippen LogP contribution in [0.15, 0.2) is 97.6 Å². The zero-order valence-corrected chi connectivity index (χ0v) is 24.2. The van der Waals surface area contributed by atoms with E-state index in [1.807, 2.05) is 0 Å². The number of unbranched alkanes of at least 4 members (excludes halogenated alkanes) is 1. The first kappa shape index (κ1) is 30.4. The summed E-state index contributed by atoms with van der Waals surface area (Å²) in [5.41, 5.74) is 2.57. The van der Waals surface area contributed by atoms with Crippen LogP contribution in [0.5, 0.6) is 5.75 Å². The van der Waals surface area contributed by atoms with Gasteiger partial charge in [0, 0.05) is 17.5 Å². The van der Waals surface area contributed by atoms with E-state index < -0.39 is 11.7 Å².